The highest BCUT2D eigenvalue weighted by Crippen LogP contribution is 2.34. The lowest BCUT2D eigenvalue weighted by Crippen LogP contribution is -2.48. The molecule has 30 heavy (non-hydrogen) atoms. The van der Waals surface area contributed by atoms with Crippen molar-refractivity contribution in [1.29, 1.82) is 0 Å². The van der Waals surface area contributed by atoms with Crippen LogP contribution in [-0.2, 0) is 0 Å². The molecule has 3 heterocycles. The lowest BCUT2D eigenvalue weighted by atomic mass is 10.1. The number of nitro benzene ring substituents is 1. The van der Waals surface area contributed by atoms with Gasteiger partial charge in [0.25, 0.3) is 11.6 Å². The molecule has 5 rings (SSSR count). The number of carbonyl (C=O) groups is 1. The van der Waals surface area contributed by atoms with E-state index in [9.17, 15) is 14.9 Å². The Morgan fingerprint density at radius 1 is 1.03 bits per heavy atom. The van der Waals surface area contributed by atoms with Crippen molar-refractivity contribution in [2.45, 2.75) is 0 Å². The fourth-order valence-corrected chi connectivity index (χ4v) is 3.92. The van der Waals surface area contributed by atoms with Crippen LogP contribution >= 0.6 is 0 Å². The molecule has 0 radical (unpaired) electrons. The second-order valence-corrected chi connectivity index (χ2v) is 7.11. The molecule has 3 aromatic rings. The van der Waals surface area contributed by atoms with E-state index in [0.717, 1.165) is 5.69 Å². The van der Waals surface area contributed by atoms with Crippen molar-refractivity contribution in [3.8, 4) is 11.5 Å². The smallest absolute Gasteiger partial charge is 0.278 e. The molecule has 1 aromatic heterocycles. The number of anilines is 1. The summed E-state index contributed by atoms with van der Waals surface area (Å²) in [6, 6.07) is 11.9. The fourth-order valence-electron chi connectivity index (χ4n) is 3.92. The van der Waals surface area contributed by atoms with Gasteiger partial charge in [0, 0.05) is 44.0 Å². The number of amides is 1. The number of ether oxygens (including phenoxy) is 2. The average Bonchev–Trinajstić information content (AvgIpc) is 3.26. The standard InChI is InChI=1S/C21H18N4O5/c26-21(14-3-6-18-19(12-14)30-13-29-18)24-10-8-23(9-11-24)17-5-4-16(25(27)28)15-2-1-7-22-20(15)17/h1-7,12H,8-11,13H2. The Hall–Kier alpha value is -3.88. The Morgan fingerprint density at radius 3 is 2.63 bits per heavy atom. The number of carbonyl (C=O) groups excluding carboxylic acids is 1. The minimum absolute atomic E-state index is 0.0403. The third-order valence-electron chi connectivity index (χ3n) is 5.45. The van der Waals surface area contributed by atoms with Crippen molar-refractivity contribution in [1.82, 2.24) is 9.88 Å². The predicted octanol–water partition coefficient (Wildman–Crippen LogP) is 2.83. The molecular formula is C21H18N4O5. The van der Waals surface area contributed by atoms with E-state index in [1.165, 1.54) is 6.07 Å². The second-order valence-electron chi connectivity index (χ2n) is 7.11. The van der Waals surface area contributed by atoms with Crippen molar-refractivity contribution < 1.29 is 19.2 Å². The van der Waals surface area contributed by atoms with Gasteiger partial charge in [0.15, 0.2) is 11.5 Å². The third-order valence-corrected chi connectivity index (χ3v) is 5.45. The molecule has 2 aromatic carbocycles. The quantitative estimate of drug-likeness (QED) is 0.487. The number of rotatable bonds is 3. The number of nitrogens with zero attached hydrogens (tertiary/aromatic N) is 4. The Labute approximate surface area is 171 Å². The van der Waals surface area contributed by atoms with Crippen molar-refractivity contribution in [3.05, 3.63) is 64.3 Å². The molecule has 0 N–H and O–H groups in total. The lowest BCUT2D eigenvalue weighted by Gasteiger charge is -2.36. The summed E-state index contributed by atoms with van der Waals surface area (Å²) in [4.78, 5) is 32.1. The van der Waals surface area contributed by atoms with Crippen LogP contribution in [0.5, 0.6) is 11.5 Å². The van der Waals surface area contributed by atoms with Crippen LogP contribution in [0.4, 0.5) is 11.4 Å². The van der Waals surface area contributed by atoms with Gasteiger partial charge in [0.1, 0.15) is 5.52 Å². The highest BCUT2D eigenvalue weighted by atomic mass is 16.7. The Balaban J connectivity index is 1.34. The van der Waals surface area contributed by atoms with Gasteiger partial charge in [-0.25, -0.2) is 0 Å². The number of benzene rings is 2. The van der Waals surface area contributed by atoms with E-state index in [4.69, 9.17) is 9.47 Å². The van der Waals surface area contributed by atoms with Gasteiger partial charge in [0.05, 0.1) is 16.0 Å². The van der Waals surface area contributed by atoms with Gasteiger partial charge < -0.3 is 19.3 Å². The van der Waals surface area contributed by atoms with Gasteiger partial charge in [-0.2, -0.15) is 0 Å². The largest absolute Gasteiger partial charge is 0.454 e. The van der Waals surface area contributed by atoms with E-state index in [2.05, 4.69) is 9.88 Å². The zero-order chi connectivity index (χ0) is 20.7. The van der Waals surface area contributed by atoms with Crippen LogP contribution in [0.25, 0.3) is 10.9 Å². The molecule has 0 spiro atoms. The van der Waals surface area contributed by atoms with Gasteiger partial charge in [0.2, 0.25) is 6.79 Å². The molecule has 0 saturated carbocycles. The summed E-state index contributed by atoms with van der Waals surface area (Å²) in [6.45, 7) is 2.47. The first kappa shape index (κ1) is 18.2. The van der Waals surface area contributed by atoms with E-state index >= 15 is 0 Å². The van der Waals surface area contributed by atoms with E-state index in [0.29, 0.717) is 54.1 Å². The summed E-state index contributed by atoms with van der Waals surface area (Å²) in [5.41, 5.74) is 2.04. The van der Waals surface area contributed by atoms with E-state index in [-0.39, 0.29) is 18.4 Å². The van der Waals surface area contributed by atoms with Crippen LogP contribution in [0.1, 0.15) is 10.4 Å². The van der Waals surface area contributed by atoms with Gasteiger partial charge in [-0.3, -0.25) is 19.9 Å². The average molecular weight is 406 g/mol. The Bertz CT molecular complexity index is 1160. The number of pyridine rings is 1. The zero-order valence-corrected chi connectivity index (χ0v) is 16.0. The first-order valence-electron chi connectivity index (χ1n) is 9.58. The number of non-ortho nitro benzene ring substituents is 1. The monoisotopic (exact) mass is 406 g/mol. The number of piperazine rings is 1. The highest BCUT2D eigenvalue weighted by molar-refractivity contribution is 5.97. The van der Waals surface area contributed by atoms with Gasteiger partial charge in [-0.15, -0.1) is 0 Å². The molecule has 0 bridgehead atoms. The Kier molecular flexibility index (Phi) is 4.35. The summed E-state index contributed by atoms with van der Waals surface area (Å²) < 4.78 is 10.7. The highest BCUT2D eigenvalue weighted by Gasteiger charge is 2.26. The van der Waals surface area contributed by atoms with Crippen LogP contribution in [-0.4, -0.2) is 53.7 Å². The van der Waals surface area contributed by atoms with Crippen LogP contribution < -0.4 is 14.4 Å². The molecule has 9 nitrogen and oxygen atoms in total. The molecule has 2 aliphatic rings. The summed E-state index contributed by atoms with van der Waals surface area (Å²) in [5, 5.41) is 11.8. The maximum Gasteiger partial charge on any atom is 0.278 e. The van der Waals surface area contributed by atoms with Crippen molar-refractivity contribution in [2.24, 2.45) is 0 Å². The molecular weight excluding hydrogens is 388 g/mol. The zero-order valence-electron chi connectivity index (χ0n) is 16.0. The van der Waals surface area contributed by atoms with Crippen LogP contribution in [0.3, 0.4) is 0 Å². The molecule has 9 heteroatoms. The number of hydrogen-bond donors (Lipinski definition) is 0. The van der Waals surface area contributed by atoms with E-state index < -0.39 is 4.92 Å². The molecule has 152 valence electrons. The summed E-state index contributed by atoms with van der Waals surface area (Å²) >= 11 is 0. The van der Waals surface area contributed by atoms with Gasteiger partial charge >= 0.3 is 0 Å². The molecule has 1 amide bonds. The van der Waals surface area contributed by atoms with Gasteiger partial charge in [-0.05, 0) is 36.4 Å². The molecule has 1 fully saturated rings. The normalized spacial score (nSPS) is 15.5. The number of fused-ring (bicyclic) bond motifs is 2. The molecule has 0 unspecified atom stereocenters. The van der Waals surface area contributed by atoms with Crippen molar-refractivity contribution in [3.63, 3.8) is 0 Å². The summed E-state index contributed by atoms with van der Waals surface area (Å²) in [5.74, 6) is 1.18. The maximum atomic E-state index is 12.9. The first-order valence-corrected chi connectivity index (χ1v) is 9.58. The SMILES string of the molecule is O=C(c1ccc2c(c1)OCO2)N1CCN(c2ccc([N+](=O)[O-])c3cccnc23)CC1. The third kappa shape index (κ3) is 3.04. The fraction of sp³-hybridized carbons (Fsp3) is 0.238. The molecule has 1 saturated heterocycles. The Morgan fingerprint density at radius 2 is 1.83 bits per heavy atom. The lowest BCUT2D eigenvalue weighted by molar-refractivity contribution is -0.383. The molecule has 0 atom stereocenters. The van der Waals surface area contributed by atoms with Crippen molar-refractivity contribution >= 4 is 28.2 Å². The van der Waals surface area contributed by atoms with E-state index in [1.54, 1.807) is 47.5 Å². The molecule has 2 aliphatic heterocycles. The predicted molar refractivity (Wildman–Crippen MR) is 109 cm³/mol. The molecule has 0 aliphatic carbocycles. The summed E-state index contributed by atoms with van der Waals surface area (Å²) in [7, 11) is 0. The minimum Gasteiger partial charge on any atom is -0.454 e. The van der Waals surface area contributed by atoms with E-state index in [1.807, 2.05) is 0 Å². The maximum absolute atomic E-state index is 12.9. The van der Waals surface area contributed by atoms with Gasteiger partial charge in [-0.1, -0.05) is 0 Å². The number of nitro groups is 1. The summed E-state index contributed by atoms with van der Waals surface area (Å²) in [6.07, 6.45) is 1.63. The number of aromatic nitrogens is 1. The van der Waals surface area contributed by atoms with Crippen molar-refractivity contribution in [2.75, 3.05) is 37.9 Å². The topological polar surface area (TPSA) is 98.0 Å². The van der Waals surface area contributed by atoms with Crippen LogP contribution in [0.2, 0.25) is 0 Å². The first-order chi connectivity index (χ1) is 14.6. The van der Waals surface area contributed by atoms with Crippen LogP contribution in [0.15, 0.2) is 48.7 Å². The van der Waals surface area contributed by atoms with Crippen LogP contribution in [0, 0.1) is 10.1 Å². The second kappa shape index (κ2) is 7.18. The minimum atomic E-state index is -0.393. The number of hydrogen-bond acceptors (Lipinski definition) is 7.